The van der Waals surface area contributed by atoms with Crippen molar-refractivity contribution in [1.29, 1.82) is 0 Å². The Morgan fingerprint density at radius 2 is 2.07 bits per heavy atom. The van der Waals surface area contributed by atoms with E-state index in [2.05, 4.69) is 0 Å². The normalized spacial score (nSPS) is 41.8. The van der Waals surface area contributed by atoms with Crippen molar-refractivity contribution in [3.63, 3.8) is 0 Å². The smallest absolute Gasteiger partial charge is 0.189 e. The molecule has 2 fully saturated rings. The van der Waals surface area contributed by atoms with Gasteiger partial charge in [0.2, 0.25) is 0 Å². The van der Waals surface area contributed by atoms with Crippen molar-refractivity contribution < 1.29 is 18.9 Å². The van der Waals surface area contributed by atoms with Crippen molar-refractivity contribution in [3.05, 3.63) is 0 Å². The van der Waals surface area contributed by atoms with Gasteiger partial charge in [-0.05, 0) is 26.7 Å². The Bertz CT molecular complexity index is 194. The first-order valence-corrected chi connectivity index (χ1v) is 5.12. The number of ether oxygens (including phenoxy) is 4. The van der Waals surface area contributed by atoms with Crippen molar-refractivity contribution in [2.24, 2.45) is 0 Å². The first kappa shape index (κ1) is 10.4. The summed E-state index contributed by atoms with van der Waals surface area (Å²) in [6.45, 7) is 4.59. The van der Waals surface area contributed by atoms with E-state index in [9.17, 15) is 0 Å². The minimum Gasteiger partial charge on any atom is -0.370 e. The fourth-order valence-electron chi connectivity index (χ4n) is 2.08. The molecular weight excluding hydrogens is 184 g/mol. The van der Waals surface area contributed by atoms with Gasteiger partial charge in [0.05, 0.1) is 6.10 Å². The van der Waals surface area contributed by atoms with E-state index in [0.29, 0.717) is 0 Å². The van der Waals surface area contributed by atoms with Gasteiger partial charge in [-0.25, -0.2) is 0 Å². The molecule has 0 aromatic carbocycles. The molecule has 3 atom stereocenters. The van der Waals surface area contributed by atoms with Crippen LogP contribution in [0.2, 0.25) is 0 Å². The molecule has 82 valence electrons. The third kappa shape index (κ3) is 1.93. The van der Waals surface area contributed by atoms with Crippen molar-refractivity contribution in [2.75, 3.05) is 13.7 Å². The second kappa shape index (κ2) is 3.77. The number of hydrogen-bond acceptors (Lipinski definition) is 4. The topological polar surface area (TPSA) is 36.9 Å². The molecule has 2 aliphatic rings. The third-order valence-electron chi connectivity index (χ3n) is 2.65. The lowest BCUT2D eigenvalue weighted by Gasteiger charge is -2.46. The van der Waals surface area contributed by atoms with Crippen molar-refractivity contribution in [2.45, 2.75) is 51.0 Å². The maximum atomic E-state index is 5.78. The molecule has 0 aromatic heterocycles. The second-order valence-corrected chi connectivity index (χ2v) is 4.26. The summed E-state index contributed by atoms with van der Waals surface area (Å²) in [6.07, 6.45) is 1.81. The largest absolute Gasteiger partial charge is 0.370 e. The summed E-state index contributed by atoms with van der Waals surface area (Å²) in [5, 5.41) is 0. The summed E-state index contributed by atoms with van der Waals surface area (Å²) in [5.74, 6) is -0.567. The average molecular weight is 202 g/mol. The van der Waals surface area contributed by atoms with Gasteiger partial charge < -0.3 is 18.9 Å². The predicted molar refractivity (Wildman–Crippen MR) is 49.8 cm³/mol. The highest BCUT2D eigenvalue weighted by molar-refractivity contribution is 4.84. The Morgan fingerprint density at radius 3 is 2.79 bits per heavy atom. The quantitative estimate of drug-likeness (QED) is 0.642. The van der Waals surface area contributed by atoms with Crippen LogP contribution in [0.15, 0.2) is 0 Å². The molecule has 4 nitrogen and oxygen atoms in total. The lowest BCUT2D eigenvalue weighted by atomic mass is 10.0. The van der Waals surface area contributed by atoms with Gasteiger partial charge in [-0.2, -0.15) is 0 Å². The number of rotatable bonds is 1. The molecule has 0 bridgehead atoms. The Morgan fingerprint density at radius 1 is 1.29 bits per heavy atom. The van der Waals surface area contributed by atoms with Gasteiger partial charge in [0.15, 0.2) is 12.1 Å². The van der Waals surface area contributed by atoms with E-state index < -0.39 is 5.79 Å². The highest BCUT2D eigenvalue weighted by Gasteiger charge is 2.45. The highest BCUT2D eigenvalue weighted by Crippen LogP contribution is 2.33. The number of fused-ring (bicyclic) bond motifs is 1. The van der Waals surface area contributed by atoms with Crippen molar-refractivity contribution >= 4 is 0 Å². The zero-order chi connectivity index (χ0) is 10.2. The average Bonchev–Trinajstić information content (AvgIpc) is 2.15. The minimum atomic E-state index is -0.567. The zero-order valence-electron chi connectivity index (χ0n) is 8.99. The Hall–Kier alpha value is -0.160. The summed E-state index contributed by atoms with van der Waals surface area (Å²) in [4.78, 5) is 0. The maximum Gasteiger partial charge on any atom is 0.189 e. The molecule has 2 saturated heterocycles. The molecule has 14 heavy (non-hydrogen) atoms. The van der Waals surface area contributed by atoms with E-state index in [4.69, 9.17) is 18.9 Å². The number of hydrogen-bond donors (Lipinski definition) is 0. The fraction of sp³-hybridized carbons (Fsp3) is 1.00. The Kier molecular flexibility index (Phi) is 2.79. The van der Waals surface area contributed by atoms with E-state index in [1.807, 2.05) is 13.8 Å². The van der Waals surface area contributed by atoms with E-state index in [1.165, 1.54) is 0 Å². The molecule has 4 heteroatoms. The summed E-state index contributed by atoms with van der Waals surface area (Å²) in [7, 11) is 1.64. The van der Waals surface area contributed by atoms with Gasteiger partial charge >= 0.3 is 0 Å². The molecule has 2 rings (SSSR count). The molecule has 0 N–H and O–H groups in total. The first-order chi connectivity index (χ1) is 6.62. The lowest BCUT2D eigenvalue weighted by Crippen LogP contribution is -2.57. The van der Waals surface area contributed by atoms with E-state index in [1.54, 1.807) is 7.11 Å². The standard InChI is InChI=1S/C10H18O4/c1-10(2)13-7-5-4-6-12-8(7)9(11-3)14-10/h7-9H,4-6H2,1-3H3. The monoisotopic (exact) mass is 202 g/mol. The summed E-state index contributed by atoms with van der Waals surface area (Å²) in [6, 6.07) is 0. The van der Waals surface area contributed by atoms with Crippen LogP contribution in [0, 0.1) is 0 Å². The van der Waals surface area contributed by atoms with Gasteiger partial charge in [0, 0.05) is 13.7 Å². The number of methoxy groups -OCH3 is 1. The molecule has 0 radical (unpaired) electrons. The van der Waals surface area contributed by atoms with Gasteiger partial charge in [-0.15, -0.1) is 0 Å². The van der Waals surface area contributed by atoms with Gasteiger partial charge in [-0.1, -0.05) is 0 Å². The van der Waals surface area contributed by atoms with E-state index in [0.717, 1.165) is 19.4 Å². The van der Waals surface area contributed by atoms with Crippen LogP contribution >= 0.6 is 0 Å². The van der Waals surface area contributed by atoms with Gasteiger partial charge in [0.1, 0.15) is 6.10 Å². The van der Waals surface area contributed by atoms with Crippen LogP contribution in [0.25, 0.3) is 0 Å². The Labute approximate surface area is 84.5 Å². The molecule has 0 spiro atoms. The minimum absolute atomic E-state index is 0.0678. The molecule has 3 unspecified atom stereocenters. The van der Waals surface area contributed by atoms with Crippen molar-refractivity contribution in [3.8, 4) is 0 Å². The van der Waals surface area contributed by atoms with E-state index in [-0.39, 0.29) is 18.5 Å². The zero-order valence-corrected chi connectivity index (χ0v) is 8.99. The Balaban J connectivity index is 2.09. The molecule has 0 saturated carbocycles. The van der Waals surface area contributed by atoms with Crippen molar-refractivity contribution in [1.82, 2.24) is 0 Å². The third-order valence-corrected chi connectivity index (χ3v) is 2.65. The second-order valence-electron chi connectivity index (χ2n) is 4.26. The fourth-order valence-corrected chi connectivity index (χ4v) is 2.08. The first-order valence-electron chi connectivity index (χ1n) is 5.12. The van der Waals surface area contributed by atoms with Crippen LogP contribution in [-0.2, 0) is 18.9 Å². The van der Waals surface area contributed by atoms with Crippen LogP contribution in [0.4, 0.5) is 0 Å². The van der Waals surface area contributed by atoms with Crippen LogP contribution in [0.3, 0.4) is 0 Å². The molecule has 2 aliphatic heterocycles. The van der Waals surface area contributed by atoms with Crippen LogP contribution < -0.4 is 0 Å². The molecule has 0 aromatic rings. The highest BCUT2D eigenvalue weighted by atomic mass is 16.8. The summed E-state index contributed by atoms with van der Waals surface area (Å²) < 4.78 is 22.3. The van der Waals surface area contributed by atoms with Gasteiger partial charge in [-0.3, -0.25) is 0 Å². The molecule has 0 aliphatic carbocycles. The molecular formula is C10H18O4. The SMILES string of the molecule is COC1OC(C)(C)OC2CCCOC21. The lowest BCUT2D eigenvalue weighted by molar-refractivity contribution is -0.390. The molecule has 2 heterocycles. The summed E-state index contributed by atoms with van der Waals surface area (Å²) in [5.41, 5.74) is 0. The van der Waals surface area contributed by atoms with Crippen LogP contribution in [0.1, 0.15) is 26.7 Å². The van der Waals surface area contributed by atoms with Crippen LogP contribution in [-0.4, -0.2) is 38.0 Å². The van der Waals surface area contributed by atoms with Crippen LogP contribution in [0.5, 0.6) is 0 Å². The predicted octanol–water partition coefficient (Wildman–Crippen LogP) is 1.29. The maximum absolute atomic E-state index is 5.78. The summed E-state index contributed by atoms with van der Waals surface area (Å²) >= 11 is 0. The van der Waals surface area contributed by atoms with E-state index >= 15 is 0 Å². The van der Waals surface area contributed by atoms with Gasteiger partial charge in [0.25, 0.3) is 0 Å². The molecule has 0 amide bonds.